The van der Waals surface area contributed by atoms with E-state index in [1.165, 1.54) is 24.3 Å². The predicted molar refractivity (Wildman–Crippen MR) is 74.2 cm³/mol. The Labute approximate surface area is 119 Å². The van der Waals surface area contributed by atoms with E-state index < -0.39 is 5.82 Å². The standard InChI is InChI=1S/C15H11F2N3O/c1-8-7-9(5-6-10(8)16)14-19-15(21-20-14)13-11(17)3-2-4-12(13)18/h2-7H,18H2,1H3. The van der Waals surface area contributed by atoms with Crippen LogP contribution in [0.5, 0.6) is 0 Å². The number of nitrogens with two attached hydrogens (primary N) is 1. The van der Waals surface area contributed by atoms with E-state index in [1.54, 1.807) is 19.1 Å². The zero-order valence-corrected chi connectivity index (χ0v) is 11.1. The first-order valence-corrected chi connectivity index (χ1v) is 6.21. The molecule has 2 aromatic carbocycles. The number of aromatic nitrogens is 2. The number of rotatable bonds is 2. The summed E-state index contributed by atoms with van der Waals surface area (Å²) in [5.41, 5.74) is 7.05. The molecule has 0 aliphatic heterocycles. The van der Waals surface area contributed by atoms with Gasteiger partial charge in [0, 0.05) is 11.3 Å². The highest BCUT2D eigenvalue weighted by molar-refractivity contribution is 5.72. The fourth-order valence-electron chi connectivity index (χ4n) is 1.99. The lowest BCUT2D eigenvalue weighted by atomic mass is 10.1. The van der Waals surface area contributed by atoms with Crippen LogP contribution in [0.15, 0.2) is 40.9 Å². The van der Waals surface area contributed by atoms with E-state index in [0.29, 0.717) is 11.1 Å². The molecule has 0 aliphatic carbocycles. The molecule has 0 amide bonds. The summed E-state index contributed by atoms with van der Waals surface area (Å²) >= 11 is 0. The Bertz CT molecular complexity index is 794. The summed E-state index contributed by atoms with van der Waals surface area (Å²) in [4.78, 5) is 4.12. The first-order valence-electron chi connectivity index (χ1n) is 6.21. The first-order chi connectivity index (χ1) is 10.1. The number of benzene rings is 2. The Morgan fingerprint density at radius 2 is 1.90 bits per heavy atom. The summed E-state index contributed by atoms with van der Waals surface area (Å²) in [6.45, 7) is 1.63. The minimum atomic E-state index is -0.541. The third-order valence-corrected chi connectivity index (χ3v) is 3.10. The minimum Gasteiger partial charge on any atom is -0.398 e. The molecule has 0 unspecified atom stereocenters. The molecule has 0 bridgehead atoms. The van der Waals surface area contributed by atoms with Crippen molar-refractivity contribution in [1.29, 1.82) is 0 Å². The van der Waals surface area contributed by atoms with E-state index in [4.69, 9.17) is 10.3 Å². The van der Waals surface area contributed by atoms with Crippen LogP contribution in [0.4, 0.5) is 14.5 Å². The van der Waals surface area contributed by atoms with Gasteiger partial charge in [0.25, 0.3) is 5.89 Å². The van der Waals surface area contributed by atoms with Crippen LogP contribution >= 0.6 is 0 Å². The van der Waals surface area contributed by atoms with E-state index in [2.05, 4.69) is 10.1 Å². The van der Waals surface area contributed by atoms with Crippen molar-refractivity contribution >= 4 is 5.69 Å². The smallest absolute Gasteiger partial charge is 0.263 e. The number of halogens is 2. The van der Waals surface area contributed by atoms with Crippen molar-refractivity contribution in [3.63, 3.8) is 0 Å². The Kier molecular flexibility index (Phi) is 3.13. The van der Waals surface area contributed by atoms with Crippen molar-refractivity contribution in [1.82, 2.24) is 10.1 Å². The van der Waals surface area contributed by atoms with Crippen molar-refractivity contribution in [3.05, 3.63) is 53.6 Å². The lowest BCUT2D eigenvalue weighted by molar-refractivity contribution is 0.430. The molecule has 0 atom stereocenters. The van der Waals surface area contributed by atoms with Gasteiger partial charge in [0.2, 0.25) is 5.82 Å². The number of aryl methyl sites for hydroxylation is 1. The maximum atomic E-state index is 13.8. The maximum absolute atomic E-state index is 13.8. The SMILES string of the molecule is Cc1cc(-c2noc(-c3c(N)cccc3F)n2)ccc1F. The van der Waals surface area contributed by atoms with Crippen LogP contribution in [0, 0.1) is 18.6 Å². The van der Waals surface area contributed by atoms with Gasteiger partial charge in [0.05, 0.1) is 5.56 Å². The summed E-state index contributed by atoms with van der Waals surface area (Å²) in [7, 11) is 0. The van der Waals surface area contributed by atoms with Gasteiger partial charge in [-0.05, 0) is 42.8 Å². The number of hydrogen-bond donors (Lipinski definition) is 1. The summed E-state index contributed by atoms with van der Waals surface area (Å²) in [5, 5.41) is 3.79. The highest BCUT2D eigenvalue weighted by Gasteiger charge is 2.17. The van der Waals surface area contributed by atoms with Gasteiger partial charge < -0.3 is 10.3 Å². The van der Waals surface area contributed by atoms with E-state index in [1.807, 2.05) is 0 Å². The molecule has 6 heteroatoms. The topological polar surface area (TPSA) is 64.9 Å². The summed E-state index contributed by atoms with van der Waals surface area (Å²) in [6, 6.07) is 8.74. The molecule has 1 heterocycles. The summed E-state index contributed by atoms with van der Waals surface area (Å²) < 4.78 is 32.1. The summed E-state index contributed by atoms with van der Waals surface area (Å²) in [5.74, 6) is -0.625. The summed E-state index contributed by atoms with van der Waals surface area (Å²) in [6.07, 6.45) is 0. The first kappa shape index (κ1) is 13.2. The average Bonchev–Trinajstić information content (AvgIpc) is 2.91. The lowest BCUT2D eigenvalue weighted by Crippen LogP contribution is -1.93. The Balaban J connectivity index is 2.06. The fraction of sp³-hybridized carbons (Fsp3) is 0.0667. The van der Waals surface area contributed by atoms with E-state index in [-0.39, 0.29) is 28.8 Å². The Hall–Kier alpha value is -2.76. The molecule has 0 radical (unpaired) electrons. The van der Waals surface area contributed by atoms with Crippen LogP contribution in [0.1, 0.15) is 5.56 Å². The Morgan fingerprint density at radius 1 is 1.10 bits per heavy atom. The molecule has 0 saturated heterocycles. The Morgan fingerprint density at radius 3 is 2.62 bits per heavy atom. The second-order valence-electron chi connectivity index (χ2n) is 4.59. The number of anilines is 1. The zero-order chi connectivity index (χ0) is 15.0. The van der Waals surface area contributed by atoms with Crippen LogP contribution in [0.25, 0.3) is 22.8 Å². The van der Waals surface area contributed by atoms with Gasteiger partial charge in [0.15, 0.2) is 0 Å². The van der Waals surface area contributed by atoms with Crippen molar-refractivity contribution in [3.8, 4) is 22.8 Å². The third-order valence-electron chi connectivity index (χ3n) is 3.10. The fourth-order valence-corrected chi connectivity index (χ4v) is 1.99. The second kappa shape index (κ2) is 4.97. The molecule has 0 fully saturated rings. The third kappa shape index (κ3) is 2.35. The number of nitrogens with zero attached hydrogens (tertiary/aromatic N) is 2. The van der Waals surface area contributed by atoms with Crippen LogP contribution in [-0.2, 0) is 0 Å². The monoisotopic (exact) mass is 287 g/mol. The molecule has 21 heavy (non-hydrogen) atoms. The van der Waals surface area contributed by atoms with E-state index in [0.717, 1.165) is 0 Å². The second-order valence-corrected chi connectivity index (χ2v) is 4.59. The molecular weight excluding hydrogens is 276 g/mol. The predicted octanol–water partition coefficient (Wildman–Crippen LogP) is 3.57. The lowest BCUT2D eigenvalue weighted by Gasteiger charge is -2.01. The molecule has 0 spiro atoms. The van der Waals surface area contributed by atoms with Crippen molar-refractivity contribution < 1.29 is 13.3 Å². The van der Waals surface area contributed by atoms with E-state index in [9.17, 15) is 8.78 Å². The average molecular weight is 287 g/mol. The van der Waals surface area contributed by atoms with E-state index >= 15 is 0 Å². The molecule has 3 aromatic rings. The molecule has 2 N–H and O–H groups in total. The minimum absolute atomic E-state index is 0.0115. The van der Waals surface area contributed by atoms with Gasteiger partial charge in [-0.3, -0.25) is 0 Å². The van der Waals surface area contributed by atoms with Gasteiger partial charge in [0.1, 0.15) is 11.6 Å². The van der Waals surface area contributed by atoms with Gasteiger partial charge in [-0.15, -0.1) is 0 Å². The zero-order valence-electron chi connectivity index (χ0n) is 11.1. The highest BCUT2D eigenvalue weighted by Crippen LogP contribution is 2.29. The van der Waals surface area contributed by atoms with Gasteiger partial charge in [-0.25, -0.2) is 8.78 Å². The molecule has 1 aromatic heterocycles. The maximum Gasteiger partial charge on any atom is 0.263 e. The largest absolute Gasteiger partial charge is 0.398 e. The van der Waals surface area contributed by atoms with Gasteiger partial charge in [-0.2, -0.15) is 4.98 Å². The van der Waals surface area contributed by atoms with Crippen molar-refractivity contribution in [2.75, 3.05) is 5.73 Å². The normalized spacial score (nSPS) is 10.8. The quantitative estimate of drug-likeness (QED) is 0.732. The highest BCUT2D eigenvalue weighted by atomic mass is 19.1. The molecule has 106 valence electrons. The number of nitrogen functional groups attached to an aromatic ring is 1. The van der Waals surface area contributed by atoms with Gasteiger partial charge >= 0.3 is 0 Å². The molecular formula is C15H11F2N3O. The van der Waals surface area contributed by atoms with Crippen molar-refractivity contribution in [2.45, 2.75) is 6.92 Å². The molecule has 4 nitrogen and oxygen atoms in total. The molecule has 0 aliphatic rings. The van der Waals surface area contributed by atoms with Crippen molar-refractivity contribution in [2.24, 2.45) is 0 Å². The van der Waals surface area contributed by atoms with Crippen LogP contribution in [-0.4, -0.2) is 10.1 Å². The van der Waals surface area contributed by atoms with Crippen LogP contribution < -0.4 is 5.73 Å². The molecule has 3 rings (SSSR count). The number of hydrogen-bond acceptors (Lipinski definition) is 4. The van der Waals surface area contributed by atoms with Gasteiger partial charge in [-0.1, -0.05) is 11.2 Å². The molecule has 0 saturated carbocycles. The van der Waals surface area contributed by atoms with Crippen LogP contribution in [0.2, 0.25) is 0 Å². The van der Waals surface area contributed by atoms with Crippen LogP contribution in [0.3, 0.4) is 0 Å².